The molecule has 0 aliphatic rings. The largest absolute Gasteiger partial charge is 0.396 e. The molecule has 0 aromatic carbocycles. The summed E-state index contributed by atoms with van der Waals surface area (Å²) in [5, 5.41) is 17.8. The molecule has 43 heavy (non-hydrogen) atoms. The smallest absolute Gasteiger partial charge is 0.0431 e. The van der Waals surface area contributed by atoms with Gasteiger partial charge in [0.2, 0.25) is 0 Å². The van der Waals surface area contributed by atoms with Crippen molar-refractivity contribution < 1.29 is 10.2 Å². The predicted molar refractivity (Wildman–Crippen MR) is 193 cm³/mol. The predicted octanol–water partition coefficient (Wildman–Crippen LogP) is 12.6. The highest BCUT2D eigenvalue weighted by molar-refractivity contribution is 4.61. The lowest BCUT2D eigenvalue weighted by Gasteiger charge is -2.22. The van der Waals surface area contributed by atoms with Gasteiger partial charge in [-0.3, -0.25) is 0 Å². The normalized spacial score (nSPS) is 11.7. The Balaban J connectivity index is 3.90. The van der Waals surface area contributed by atoms with Crippen molar-refractivity contribution in [3.63, 3.8) is 0 Å². The van der Waals surface area contributed by atoms with Gasteiger partial charge in [-0.25, -0.2) is 0 Å². The van der Waals surface area contributed by atoms with Crippen LogP contribution in [0.1, 0.15) is 225 Å². The van der Waals surface area contributed by atoms with Crippen LogP contribution in [0.5, 0.6) is 0 Å². The maximum atomic E-state index is 8.88. The number of unbranched alkanes of at least 4 members (excludes halogenated alkanes) is 31. The van der Waals surface area contributed by atoms with E-state index in [1.54, 1.807) is 0 Å². The summed E-state index contributed by atoms with van der Waals surface area (Å²) >= 11 is 0. The number of hydrogen-bond donors (Lipinski definition) is 2. The molecular formula is C40H83NO2. The van der Waals surface area contributed by atoms with E-state index in [-0.39, 0.29) is 0 Å². The summed E-state index contributed by atoms with van der Waals surface area (Å²) in [5.41, 5.74) is 0. The Bertz CT molecular complexity index is 405. The van der Waals surface area contributed by atoms with E-state index in [2.05, 4.69) is 11.8 Å². The van der Waals surface area contributed by atoms with Gasteiger partial charge in [-0.15, -0.1) is 0 Å². The summed E-state index contributed by atoms with van der Waals surface area (Å²) in [4.78, 5) is 2.83. The van der Waals surface area contributed by atoms with Gasteiger partial charge in [-0.2, -0.15) is 0 Å². The molecule has 0 aliphatic carbocycles. The van der Waals surface area contributed by atoms with E-state index in [0.717, 1.165) is 12.8 Å². The summed E-state index contributed by atoms with van der Waals surface area (Å²) in [5.74, 6) is 0. The van der Waals surface area contributed by atoms with Crippen LogP contribution in [0.25, 0.3) is 0 Å². The van der Waals surface area contributed by atoms with E-state index in [1.165, 1.54) is 225 Å². The second-order valence-electron chi connectivity index (χ2n) is 14.0. The Labute approximate surface area is 272 Å². The molecule has 0 radical (unpaired) electrons. The summed E-state index contributed by atoms with van der Waals surface area (Å²) in [6, 6.07) is 0. The summed E-state index contributed by atoms with van der Waals surface area (Å²) in [7, 11) is 0. The van der Waals surface area contributed by atoms with E-state index in [9.17, 15) is 0 Å². The van der Waals surface area contributed by atoms with E-state index >= 15 is 0 Å². The first-order valence-corrected chi connectivity index (χ1v) is 20.3. The van der Waals surface area contributed by atoms with Gasteiger partial charge in [0.05, 0.1) is 0 Å². The average Bonchev–Trinajstić information content (AvgIpc) is 3.02. The molecule has 2 N–H and O–H groups in total. The van der Waals surface area contributed by atoms with Crippen molar-refractivity contribution in [2.24, 2.45) is 0 Å². The lowest BCUT2D eigenvalue weighted by molar-refractivity contribution is 0.254. The zero-order valence-electron chi connectivity index (χ0n) is 29.9. The fourth-order valence-electron chi connectivity index (χ4n) is 6.59. The molecule has 0 saturated carbocycles. The molecular weight excluding hydrogens is 526 g/mol. The molecule has 0 amide bonds. The van der Waals surface area contributed by atoms with E-state index in [1.807, 2.05) is 0 Å². The molecule has 0 spiro atoms. The third-order valence-electron chi connectivity index (χ3n) is 9.59. The van der Waals surface area contributed by atoms with Crippen LogP contribution in [0.4, 0.5) is 0 Å². The van der Waals surface area contributed by atoms with Crippen molar-refractivity contribution in [2.45, 2.75) is 225 Å². The van der Waals surface area contributed by atoms with Crippen molar-refractivity contribution in [1.82, 2.24) is 4.90 Å². The van der Waals surface area contributed by atoms with Crippen molar-refractivity contribution in [3.8, 4) is 0 Å². The molecule has 0 saturated heterocycles. The van der Waals surface area contributed by atoms with Crippen LogP contribution in [0.2, 0.25) is 0 Å². The molecule has 0 fully saturated rings. The SMILES string of the molecule is CCCCCCCCCCCCCCN(CCCCCCCCCCCCCO)CCCCCCCCCCCCCO. The van der Waals surface area contributed by atoms with Gasteiger partial charge in [-0.05, 0) is 51.7 Å². The molecule has 0 aromatic rings. The van der Waals surface area contributed by atoms with Crippen molar-refractivity contribution >= 4 is 0 Å². The molecule has 0 bridgehead atoms. The Morgan fingerprint density at radius 1 is 0.256 bits per heavy atom. The van der Waals surface area contributed by atoms with Crippen LogP contribution in [0.15, 0.2) is 0 Å². The Hall–Kier alpha value is -0.120. The molecule has 0 rings (SSSR count). The second kappa shape index (κ2) is 39.9. The minimum Gasteiger partial charge on any atom is -0.396 e. The van der Waals surface area contributed by atoms with E-state index < -0.39 is 0 Å². The summed E-state index contributed by atoms with van der Waals surface area (Å²) in [6.07, 6.45) is 46.9. The van der Waals surface area contributed by atoms with Gasteiger partial charge in [0, 0.05) is 13.2 Å². The molecule has 0 aromatic heterocycles. The monoisotopic (exact) mass is 610 g/mol. The Morgan fingerprint density at radius 3 is 0.651 bits per heavy atom. The van der Waals surface area contributed by atoms with Gasteiger partial charge in [0.25, 0.3) is 0 Å². The van der Waals surface area contributed by atoms with E-state index in [0.29, 0.717) is 13.2 Å². The zero-order chi connectivity index (χ0) is 31.2. The lowest BCUT2D eigenvalue weighted by Crippen LogP contribution is -2.27. The van der Waals surface area contributed by atoms with Crippen LogP contribution < -0.4 is 0 Å². The average molecular weight is 610 g/mol. The van der Waals surface area contributed by atoms with Crippen LogP contribution in [0, 0.1) is 0 Å². The first kappa shape index (κ1) is 42.9. The first-order valence-electron chi connectivity index (χ1n) is 20.3. The fraction of sp³-hybridized carbons (Fsp3) is 1.00. The highest BCUT2D eigenvalue weighted by Crippen LogP contribution is 2.15. The molecule has 3 heteroatoms. The van der Waals surface area contributed by atoms with Crippen molar-refractivity contribution in [3.05, 3.63) is 0 Å². The summed E-state index contributed by atoms with van der Waals surface area (Å²) < 4.78 is 0. The quantitative estimate of drug-likeness (QED) is 0.0681. The Morgan fingerprint density at radius 2 is 0.442 bits per heavy atom. The highest BCUT2D eigenvalue weighted by Gasteiger charge is 2.05. The van der Waals surface area contributed by atoms with Crippen LogP contribution >= 0.6 is 0 Å². The third kappa shape index (κ3) is 38.0. The molecule has 0 aliphatic heterocycles. The Kier molecular flexibility index (Phi) is 39.8. The minimum absolute atomic E-state index is 0.366. The number of nitrogens with zero attached hydrogens (tertiary/aromatic N) is 1. The van der Waals surface area contributed by atoms with E-state index in [4.69, 9.17) is 10.2 Å². The van der Waals surface area contributed by atoms with Gasteiger partial charge < -0.3 is 15.1 Å². The molecule has 3 nitrogen and oxygen atoms in total. The third-order valence-corrected chi connectivity index (χ3v) is 9.59. The second-order valence-corrected chi connectivity index (χ2v) is 14.0. The van der Waals surface area contributed by atoms with Crippen molar-refractivity contribution in [1.29, 1.82) is 0 Å². The highest BCUT2D eigenvalue weighted by atomic mass is 16.3. The number of aliphatic hydroxyl groups excluding tert-OH is 2. The van der Waals surface area contributed by atoms with Gasteiger partial charge in [-0.1, -0.05) is 193 Å². The zero-order valence-corrected chi connectivity index (χ0v) is 29.9. The van der Waals surface area contributed by atoms with Gasteiger partial charge in [0.1, 0.15) is 0 Å². The number of hydrogen-bond acceptors (Lipinski definition) is 3. The fourth-order valence-corrected chi connectivity index (χ4v) is 6.59. The van der Waals surface area contributed by atoms with Gasteiger partial charge in [0.15, 0.2) is 0 Å². The van der Waals surface area contributed by atoms with Gasteiger partial charge >= 0.3 is 0 Å². The molecule has 0 unspecified atom stereocenters. The topological polar surface area (TPSA) is 43.7 Å². The molecule has 0 atom stereocenters. The van der Waals surface area contributed by atoms with Crippen LogP contribution in [0.3, 0.4) is 0 Å². The minimum atomic E-state index is 0.366. The standard InChI is InChI=1S/C40H83NO2/c1-2-3-4-5-6-7-8-11-16-21-26-31-36-41(37-32-27-22-17-12-9-14-19-24-29-34-39-42)38-33-28-23-18-13-10-15-20-25-30-35-40-43/h42-43H,2-40H2,1H3. The lowest BCUT2D eigenvalue weighted by atomic mass is 10.0. The van der Waals surface area contributed by atoms with Crippen LogP contribution in [-0.4, -0.2) is 48.0 Å². The molecule has 0 heterocycles. The number of aliphatic hydroxyl groups is 2. The summed E-state index contributed by atoms with van der Waals surface area (Å²) in [6.45, 7) is 7.04. The van der Waals surface area contributed by atoms with Crippen molar-refractivity contribution in [2.75, 3.05) is 32.8 Å². The maximum absolute atomic E-state index is 8.88. The number of rotatable bonds is 39. The molecule has 260 valence electrons. The first-order chi connectivity index (χ1) is 21.3. The maximum Gasteiger partial charge on any atom is 0.0431 e. The van der Waals surface area contributed by atoms with Crippen LogP contribution in [-0.2, 0) is 0 Å².